The van der Waals surface area contributed by atoms with Crippen molar-refractivity contribution in [1.29, 1.82) is 0 Å². The van der Waals surface area contributed by atoms with Crippen LogP contribution in [-0.2, 0) is 28.0 Å². The van der Waals surface area contributed by atoms with Crippen LogP contribution in [0.2, 0.25) is 0 Å². The number of nitrogens with one attached hydrogen (secondary N) is 1. The lowest BCUT2D eigenvalue weighted by atomic mass is 10.3. The quantitative estimate of drug-likeness (QED) is 0.497. The lowest BCUT2D eigenvalue weighted by Gasteiger charge is -2.03. The summed E-state index contributed by atoms with van der Waals surface area (Å²) in [5.41, 5.74) is 0.515. The van der Waals surface area contributed by atoms with E-state index in [1.807, 2.05) is 0 Å². The highest BCUT2D eigenvalue weighted by molar-refractivity contribution is 7.89. The van der Waals surface area contributed by atoms with Gasteiger partial charge < -0.3 is 13.9 Å². The van der Waals surface area contributed by atoms with E-state index in [1.165, 1.54) is 47.7 Å². The molecule has 1 N–H and O–H groups in total. The minimum absolute atomic E-state index is 0.0681. The Morgan fingerprint density at radius 1 is 1.20 bits per heavy atom. The summed E-state index contributed by atoms with van der Waals surface area (Å²) in [4.78, 5) is 16.4. The molecule has 1 saturated carbocycles. The van der Waals surface area contributed by atoms with E-state index in [9.17, 15) is 17.6 Å². The largest absolute Gasteiger partial charge is 0.486 e. The van der Waals surface area contributed by atoms with E-state index < -0.39 is 16.0 Å². The monoisotopic (exact) mass is 452 g/mol. The molecule has 1 aliphatic rings. The average molecular weight is 452 g/mol. The summed E-state index contributed by atoms with van der Waals surface area (Å²) in [6.07, 6.45) is 1.58. The predicted molar refractivity (Wildman–Crippen MR) is 104 cm³/mol. The molecule has 0 spiro atoms. The number of hydrogen-bond donors (Lipinski definition) is 1. The van der Waals surface area contributed by atoms with Gasteiger partial charge in [-0.05, 0) is 49.2 Å². The van der Waals surface area contributed by atoms with Crippen molar-refractivity contribution in [3.8, 4) is 5.75 Å². The Hall–Kier alpha value is -2.76. The first-order valence-electron chi connectivity index (χ1n) is 9.00. The highest BCUT2D eigenvalue weighted by Crippen LogP contribution is 2.23. The molecule has 0 amide bonds. The van der Waals surface area contributed by atoms with Crippen molar-refractivity contribution in [3.63, 3.8) is 0 Å². The molecule has 11 heteroatoms. The molecule has 30 heavy (non-hydrogen) atoms. The predicted octanol–water partition coefficient (Wildman–Crippen LogP) is 3.25. The highest BCUT2D eigenvalue weighted by Gasteiger charge is 2.30. The number of halogens is 1. The van der Waals surface area contributed by atoms with Gasteiger partial charge in [0.25, 0.3) is 10.0 Å². The fourth-order valence-corrected chi connectivity index (χ4v) is 4.35. The molecule has 0 unspecified atom stereocenters. The van der Waals surface area contributed by atoms with E-state index in [0.717, 1.165) is 12.8 Å². The molecule has 0 aliphatic heterocycles. The zero-order valence-electron chi connectivity index (χ0n) is 15.5. The van der Waals surface area contributed by atoms with Gasteiger partial charge in [0.2, 0.25) is 10.9 Å². The van der Waals surface area contributed by atoms with Gasteiger partial charge in [-0.2, -0.15) is 0 Å². The third kappa shape index (κ3) is 5.23. The van der Waals surface area contributed by atoms with Gasteiger partial charge in [0, 0.05) is 11.4 Å². The highest BCUT2D eigenvalue weighted by atomic mass is 32.2. The summed E-state index contributed by atoms with van der Waals surface area (Å²) < 4.78 is 55.3. The Balaban J connectivity index is 1.28. The van der Waals surface area contributed by atoms with Crippen molar-refractivity contribution in [3.05, 3.63) is 64.1 Å². The van der Waals surface area contributed by atoms with Crippen LogP contribution in [0.4, 0.5) is 4.39 Å². The van der Waals surface area contributed by atoms with Gasteiger partial charge >= 0.3 is 5.97 Å². The van der Waals surface area contributed by atoms with E-state index in [0.29, 0.717) is 16.5 Å². The van der Waals surface area contributed by atoms with Gasteiger partial charge in [0.15, 0.2) is 0 Å². The van der Waals surface area contributed by atoms with E-state index in [-0.39, 0.29) is 35.9 Å². The van der Waals surface area contributed by atoms with Crippen molar-refractivity contribution >= 4 is 27.3 Å². The molecule has 1 fully saturated rings. The minimum Gasteiger partial charge on any atom is -0.486 e. The van der Waals surface area contributed by atoms with E-state index in [1.54, 1.807) is 5.38 Å². The molecule has 0 radical (unpaired) electrons. The number of hydrogen-bond acceptors (Lipinski definition) is 8. The van der Waals surface area contributed by atoms with Crippen LogP contribution >= 0.6 is 11.3 Å². The first-order valence-corrected chi connectivity index (χ1v) is 11.4. The molecule has 0 bridgehead atoms. The number of aromatic nitrogens is 1. The minimum atomic E-state index is -3.77. The zero-order chi connectivity index (χ0) is 21.1. The summed E-state index contributed by atoms with van der Waals surface area (Å²) in [7, 11) is -3.77. The van der Waals surface area contributed by atoms with Crippen LogP contribution in [0.1, 0.15) is 34.1 Å². The molecular formula is C19H17FN2O6S2. The van der Waals surface area contributed by atoms with Crippen LogP contribution in [-0.4, -0.2) is 25.4 Å². The Morgan fingerprint density at radius 3 is 2.70 bits per heavy atom. The molecule has 4 rings (SSSR count). The van der Waals surface area contributed by atoms with E-state index in [2.05, 4.69) is 9.71 Å². The summed E-state index contributed by atoms with van der Waals surface area (Å²) in [6, 6.07) is 8.04. The number of nitrogens with zero attached hydrogens (tertiary/aromatic N) is 1. The van der Waals surface area contributed by atoms with Crippen LogP contribution in [0.25, 0.3) is 0 Å². The van der Waals surface area contributed by atoms with Crippen molar-refractivity contribution in [2.45, 2.75) is 37.2 Å². The maximum Gasteiger partial charge on any atom is 0.374 e. The Bertz CT molecular complexity index is 1140. The van der Waals surface area contributed by atoms with Gasteiger partial charge in [-0.1, -0.05) is 0 Å². The molecule has 0 atom stereocenters. The molecule has 2 aromatic heterocycles. The number of benzene rings is 1. The van der Waals surface area contributed by atoms with Gasteiger partial charge in [-0.3, -0.25) is 0 Å². The van der Waals surface area contributed by atoms with Gasteiger partial charge in [0.1, 0.15) is 29.8 Å². The number of thiazole rings is 1. The van der Waals surface area contributed by atoms with Crippen LogP contribution in [0.3, 0.4) is 0 Å². The summed E-state index contributed by atoms with van der Waals surface area (Å²) >= 11 is 1.33. The standard InChI is InChI=1S/C19H17FN2O6S2/c20-12-1-5-15(6-2-12)26-10-17-21-14(11-29-17)9-27-19(23)16-7-8-18(28-16)30(24,25)22-13-3-4-13/h1-2,5-8,11,13,22H,3-4,9-10H2. The number of carbonyl (C=O) groups is 1. The number of sulfonamides is 1. The van der Waals surface area contributed by atoms with Gasteiger partial charge in [-0.15, -0.1) is 11.3 Å². The fourth-order valence-electron chi connectivity index (χ4n) is 2.42. The third-order valence-corrected chi connectivity index (χ3v) is 6.34. The topological polar surface area (TPSA) is 108 Å². The number of furan rings is 1. The SMILES string of the molecule is O=C(OCc1csc(COc2ccc(F)cc2)n1)c1ccc(S(=O)(=O)NC2CC2)o1. The van der Waals surface area contributed by atoms with Gasteiger partial charge in [-0.25, -0.2) is 27.3 Å². The van der Waals surface area contributed by atoms with E-state index >= 15 is 0 Å². The molecule has 0 saturated heterocycles. The van der Waals surface area contributed by atoms with Crippen LogP contribution < -0.4 is 9.46 Å². The normalized spacial score (nSPS) is 13.9. The first-order chi connectivity index (χ1) is 14.4. The second kappa shape index (κ2) is 8.54. The lowest BCUT2D eigenvalue weighted by molar-refractivity contribution is 0.0425. The summed E-state index contributed by atoms with van der Waals surface area (Å²) in [5.74, 6) is -0.832. The molecule has 8 nitrogen and oxygen atoms in total. The fraction of sp³-hybridized carbons (Fsp3) is 0.263. The van der Waals surface area contributed by atoms with Crippen LogP contribution in [0.15, 0.2) is 51.3 Å². The molecule has 1 aromatic carbocycles. The second-order valence-electron chi connectivity index (χ2n) is 6.57. The molecule has 158 valence electrons. The summed E-state index contributed by atoms with van der Waals surface area (Å²) in [6.45, 7) is 0.0899. The number of carbonyl (C=O) groups excluding carboxylic acids is 1. The van der Waals surface area contributed by atoms with E-state index in [4.69, 9.17) is 13.9 Å². The molecular weight excluding hydrogens is 435 g/mol. The average Bonchev–Trinajstić information content (AvgIpc) is 3.21. The van der Waals surface area contributed by atoms with Crippen molar-refractivity contribution in [1.82, 2.24) is 9.71 Å². The molecule has 3 aromatic rings. The number of rotatable bonds is 9. The number of ether oxygens (including phenoxy) is 2. The van der Waals surface area contributed by atoms with Crippen LogP contribution in [0, 0.1) is 5.82 Å². The smallest absolute Gasteiger partial charge is 0.374 e. The van der Waals surface area contributed by atoms with Crippen molar-refractivity contribution < 1.29 is 31.5 Å². The Kier molecular flexibility index (Phi) is 5.84. The Morgan fingerprint density at radius 2 is 1.97 bits per heavy atom. The number of esters is 1. The first kappa shape index (κ1) is 20.5. The molecule has 1 aliphatic carbocycles. The van der Waals surface area contributed by atoms with Crippen molar-refractivity contribution in [2.75, 3.05) is 0 Å². The Labute approximate surface area is 175 Å². The second-order valence-corrected chi connectivity index (χ2v) is 9.15. The lowest BCUT2D eigenvalue weighted by Crippen LogP contribution is -2.25. The maximum absolute atomic E-state index is 12.9. The maximum atomic E-state index is 12.9. The molecule has 2 heterocycles. The van der Waals surface area contributed by atoms with Crippen LogP contribution in [0.5, 0.6) is 5.75 Å². The van der Waals surface area contributed by atoms with Crippen molar-refractivity contribution in [2.24, 2.45) is 0 Å². The third-order valence-electron chi connectivity index (χ3n) is 4.07. The zero-order valence-corrected chi connectivity index (χ0v) is 17.2. The van der Waals surface area contributed by atoms with Gasteiger partial charge in [0.05, 0.1) is 5.69 Å². The summed E-state index contributed by atoms with van der Waals surface area (Å²) in [5, 5.41) is 2.05.